The Morgan fingerprint density at radius 3 is 2.78 bits per heavy atom. The van der Waals surface area contributed by atoms with Crippen LogP contribution in [0.3, 0.4) is 0 Å². The Labute approximate surface area is 138 Å². The van der Waals surface area contributed by atoms with E-state index < -0.39 is 6.04 Å². The van der Waals surface area contributed by atoms with E-state index in [2.05, 4.69) is 26.9 Å². The van der Waals surface area contributed by atoms with Crippen LogP contribution in [0.5, 0.6) is 0 Å². The molecule has 6 nitrogen and oxygen atoms in total. The third kappa shape index (κ3) is 4.23. The van der Waals surface area contributed by atoms with Gasteiger partial charge in [0.1, 0.15) is 12.4 Å². The molecule has 0 spiro atoms. The number of benzene rings is 1. The molecule has 0 radical (unpaired) electrons. The van der Waals surface area contributed by atoms with Crippen LogP contribution in [0.25, 0.3) is 0 Å². The molecule has 1 aromatic carbocycles. The zero-order valence-corrected chi connectivity index (χ0v) is 13.3. The highest BCUT2D eigenvalue weighted by Gasteiger charge is 2.21. The summed E-state index contributed by atoms with van der Waals surface area (Å²) >= 11 is 1.69. The molecule has 1 amide bonds. The first-order chi connectivity index (χ1) is 11.3. The lowest BCUT2D eigenvalue weighted by Crippen LogP contribution is -2.35. The number of carbonyl (C=O) groups is 1. The Morgan fingerprint density at radius 2 is 2.09 bits per heavy atom. The Morgan fingerprint density at radius 1 is 1.22 bits per heavy atom. The van der Waals surface area contributed by atoms with Crippen LogP contribution in [0.15, 0.2) is 54.2 Å². The minimum absolute atomic E-state index is 0.0716. The van der Waals surface area contributed by atoms with E-state index in [1.165, 1.54) is 15.9 Å². The maximum atomic E-state index is 12.6. The van der Waals surface area contributed by atoms with Gasteiger partial charge in [0.15, 0.2) is 0 Å². The van der Waals surface area contributed by atoms with Gasteiger partial charge < -0.3 is 5.32 Å². The van der Waals surface area contributed by atoms with Gasteiger partial charge in [-0.25, -0.2) is 4.68 Å². The van der Waals surface area contributed by atoms with E-state index in [0.29, 0.717) is 13.0 Å². The van der Waals surface area contributed by atoms with Crippen LogP contribution in [0, 0.1) is 0 Å². The first-order valence-corrected chi connectivity index (χ1v) is 8.27. The largest absolute Gasteiger partial charge is 0.354 e. The van der Waals surface area contributed by atoms with Crippen molar-refractivity contribution in [3.8, 4) is 0 Å². The topological polar surface area (TPSA) is 72.7 Å². The third-order valence-corrected chi connectivity index (χ3v) is 4.45. The summed E-state index contributed by atoms with van der Waals surface area (Å²) in [6, 6.07) is 13.5. The van der Waals surface area contributed by atoms with Crippen LogP contribution in [-0.2, 0) is 17.6 Å². The summed E-state index contributed by atoms with van der Waals surface area (Å²) < 4.78 is 1.51. The molecular weight excluding hydrogens is 310 g/mol. The van der Waals surface area contributed by atoms with Crippen molar-refractivity contribution in [2.45, 2.75) is 18.9 Å². The molecule has 3 rings (SSSR count). The highest BCUT2D eigenvalue weighted by atomic mass is 32.1. The average Bonchev–Trinajstić information content (AvgIpc) is 3.27. The molecule has 2 aromatic heterocycles. The predicted octanol–water partition coefficient (Wildman–Crippen LogP) is 1.88. The summed E-state index contributed by atoms with van der Waals surface area (Å²) in [5.41, 5.74) is 1.07. The van der Waals surface area contributed by atoms with E-state index in [-0.39, 0.29) is 5.91 Å². The fraction of sp³-hybridized carbons (Fsp3) is 0.250. The Kier molecular flexibility index (Phi) is 5.10. The van der Waals surface area contributed by atoms with E-state index in [1.807, 2.05) is 41.8 Å². The van der Waals surface area contributed by atoms with Crippen LogP contribution >= 0.6 is 11.3 Å². The molecule has 0 aliphatic heterocycles. The van der Waals surface area contributed by atoms with Crippen molar-refractivity contribution in [1.82, 2.24) is 25.5 Å². The van der Waals surface area contributed by atoms with Crippen molar-refractivity contribution in [3.05, 3.63) is 64.6 Å². The Bertz CT molecular complexity index is 712. The van der Waals surface area contributed by atoms with Crippen molar-refractivity contribution < 1.29 is 4.79 Å². The van der Waals surface area contributed by atoms with E-state index in [4.69, 9.17) is 0 Å². The molecule has 3 aromatic rings. The van der Waals surface area contributed by atoms with Crippen molar-refractivity contribution in [2.24, 2.45) is 0 Å². The van der Waals surface area contributed by atoms with Gasteiger partial charge in [0, 0.05) is 17.8 Å². The highest BCUT2D eigenvalue weighted by molar-refractivity contribution is 7.09. The first kappa shape index (κ1) is 15.4. The summed E-state index contributed by atoms with van der Waals surface area (Å²) in [5, 5.41) is 16.2. The minimum Gasteiger partial charge on any atom is -0.354 e. The number of nitrogens with one attached hydrogen (secondary N) is 1. The molecule has 0 aliphatic carbocycles. The molecule has 7 heteroatoms. The number of rotatable bonds is 7. The van der Waals surface area contributed by atoms with Gasteiger partial charge in [-0.15, -0.1) is 16.4 Å². The molecule has 0 aliphatic rings. The number of tetrazole rings is 1. The van der Waals surface area contributed by atoms with E-state index in [9.17, 15) is 4.79 Å². The molecule has 118 valence electrons. The van der Waals surface area contributed by atoms with E-state index in [0.717, 1.165) is 12.0 Å². The van der Waals surface area contributed by atoms with Gasteiger partial charge in [0.05, 0.1) is 0 Å². The number of nitrogens with zero attached hydrogens (tertiary/aromatic N) is 4. The summed E-state index contributed by atoms with van der Waals surface area (Å²) in [6.45, 7) is 0.604. The van der Waals surface area contributed by atoms with Crippen LogP contribution < -0.4 is 5.32 Å². The van der Waals surface area contributed by atoms with Crippen LogP contribution in [0.2, 0.25) is 0 Å². The fourth-order valence-electron chi connectivity index (χ4n) is 2.34. The third-order valence-electron chi connectivity index (χ3n) is 3.51. The first-order valence-electron chi connectivity index (χ1n) is 7.39. The quantitative estimate of drug-likeness (QED) is 0.719. The van der Waals surface area contributed by atoms with Crippen LogP contribution in [0.1, 0.15) is 16.5 Å². The summed E-state index contributed by atoms with van der Waals surface area (Å²) in [4.78, 5) is 13.8. The average molecular weight is 327 g/mol. The predicted molar refractivity (Wildman–Crippen MR) is 88.0 cm³/mol. The van der Waals surface area contributed by atoms with Gasteiger partial charge >= 0.3 is 0 Å². The molecule has 0 fully saturated rings. The lowest BCUT2D eigenvalue weighted by Gasteiger charge is -2.16. The number of carbonyl (C=O) groups excluding carboxylic acids is 1. The van der Waals surface area contributed by atoms with Gasteiger partial charge in [-0.05, 0) is 33.9 Å². The molecule has 1 N–H and O–H groups in total. The van der Waals surface area contributed by atoms with Gasteiger partial charge in [0.25, 0.3) is 0 Å². The second-order valence-electron chi connectivity index (χ2n) is 5.12. The van der Waals surface area contributed by atoms with Crippen molar-refractivity contribution in [3.63, 3.8) is 0 Å². The number of amides is 1. The molecule has 0 saturated carbocycles. The normalized spacial score (nSPS) is 12.0. The molecule has 1 atom stereocenters. The maximum Gasteiger partial charge on any atom is 0.245 e. The number of aromatic nitrogens is 4. The molecular formula is C16H17N5OS. The van der Waals surface area contributed by atoms with Gasteiger partial charge in [0.2, 0.25) is 5.91 Å². The van der Waals surface area contributed by atoms with Gasteiger partial charge in [-0.3, -0.25) is 4.79 Å². The summed E-state index contributed by atoms with van der Waals surface area (Å²) in [7, 11) is 0. The summed E-state index contributed by atoms with van der Waals surface area (Å²) in [5.74, 6) is -0.0716. The second kappa shape index (κ2) is 7.64. The lowest BCUT2D eigenvalue weighted by atomic mass is 10.1. The smallest absolute Gasteiger partial charge is 0.245 e. The zero-order valence-electron chi connectivity index (χ0n) is 12.5. The Hall–Kier alpha value is -2.54. The monoisotopic (exact) mass is 327 g/mol. The van der Waals surface area contributed by atoms with Crippen LogP contribution in [0.4, 0.5) is 0 Å². The minimum atomic E-state index is -0.448. The maximum absolute atomic E-state index is 12.6. The molecule has 23 heavy (non-hydrogen) atoms. The van der Waals surface area contributed by atoms with Crippen LogP contribution in [-0.4, -0.2) is 32.7 Å². The number of thiophene rings is 1. The standard InChI is InChI=1S/C16H17N5OS/c22-16(17-9-8-14-7-4-10-23-14)15(21-12-18-19-20-21)11-13-5-2-1-3-6-13/h1-7,10,12,15H,8-9,11H2,(H,17,22)/t15-/m1/s1. The summed E-state index contributed by atoms with van der Waals surface area (Å²) in [6.07, 6.45) is 2.86. The highest BCUT2D eigenvalue weighted by Crippen LogP contribution is 2.13. The molecule has 2 heterocycles. The van der Waals surface area contributed by atoms with Crippen molar-refractivity contribution >= 4 is 17.2 Å². The SMILES string of the molecule is O=C(NCCc1cccs1)[C@@H](Cc1ccccc1)n1cnnn1. The zero-order chi connectivity index (χ0) is 15.9. The molecule has 0 unspecified atom stereocenters. The van der Waals surface area contributed by atoms with E-state index >= 15 is 0 Å². The van der Waals surface area contributed by atoms with Gasteiger partial charge in [-0.2, -0.15) is 0 Å². The number of hydrogen-bond acceptors (Lipinski definition) is 5. The van der Waals surface area contributed by atoms with Crippen molar-refractivity contribution in [1.29, 1.82) is 0 Å². The fourth-order valence-corrected chi connectivity index (χ4v) is 3.05. The van der Waals surface area contributed by atoms with E-state index in [1.54, 1.807) is 11.3 Å². The van der Waals surface area contributed by atoms with Gasteiger partial charge in [-0.1, -0.05) is 36.4 Å². The molecule has 0 bridgehead atoms. The van der Waals surface area contributed by atoms with Crippen molar-refractivity contribution in [2.75, 3.05) is 6.54 Å². The Balaban J connectivity index is 1.64. The lowest BCUT2D eigenvalue weighted by molar-refractivity contribution is -0.124. The number of hydrogen-bond donors (Lipinski definition) is 1. The molecule has 0 saturated heterocycles. The second-order valence-corrected chi connectivity index (χ2v) is 6.15.